The predicted octanol–water partition coefficient (Wildman–Crippen LogP) is 0.903. The first-order chi connectivity index (χ1) is 17.5. The topological polar surface area (TPSA) is 230 Å². The van der Waals surface area contributed by atoms with Gasteiger partial charge < -0.3 is 40.0 Å². The van der Waals surface area contributed by atoms with Gasteiger partial charge in [-0.15, -0.1) is 0 Å². The molecular formula is C24H37FO12P2. The van der Waals surface area contributed by atoms with Crippen LogP contribution in [0.25, 0.3) is 0 Å². The molecule has 4 aliphatic rings. The summed E-state index contributed by atoms with van der Waals surface area (Å²) in [5, 5.41) is 37.3. The molecule has 0 unspecified atom stereocenters. The van der Waals surface area contributed by atoms with Crippen LogP contribution in [0.2, 0.25) is 0 Å². The van der Waals surface area contributed by atoms with Crippen LogP contribution in [0.4, 0.5) is 4.39 Å². The average molecular weight is 598 g/mol. The smallest absolute Gasteiger partial charge is 0.369 e. The third-order valence-electron chi connectivity index (χ3n) is 9.89. The number of ketones is 2. The Morgan fingerprint density at radius 1 is 1.15 bits per heavy atom. The van der Waals surface area contributed by atoms with E-state index in [4.69, 9.17) is 24.7 Å². The van der Waals surface area contributed by atoms with Gasteiger partial charge >= 0.3 is 15.2 Å². The molecule has 8 N–H and O–H groups in total. The van der Waals surface area contributed by atoms with Gasteiger partial charge in [-0.2, -0.15) is 0 Å². The summed E-state index contributed by atoms with van der Waals surface area (Å²) < 4.78 is 37.4. The molecule has 0 aromatic carbocycles. The normalized spacial score (nSPS) is 42.0. The molecule has 0 saturated heterocycles. The number of carbonyl (C=O) groups excluding carboxylic acids is 2. The number of Topliss-reactive ketones (excluding diaryl/α,β-unsaturated/α-hetero) is 1. The van der Waals surface area contributed by atoms with Crippen molar-refractivity contribution in [3.05, 3.63) is 23.8 Å². The van der Waals surface area contributed by atoms with Crippen LogP contribution in [0.3, 0.4) is 0 Å². The summed E-state index contributed by atoms with van der Waals surface area (Å²) >= 11 is 0. The molecule has 0 aromatic heterocycles. The molecular weight excluding hydrogens is 561 g/mol. The zero-order chi connectivity index (χ0) is 30.2. The van der Waals surface area contributed by atoms with Crippen LogP contribution < -0.4 is 0 Å². The second-order valence-corrected chi connectivity index (χ2v) is 16.1. The summed E-state index contributed by atoms with van der Waals surface area (Å²) in [6, 6.07) is 0. The van der Waals surface area contributed by atoms with Crippen LogP contribution in [-0.4, -0.2) is 80.6 Å². The highest BCUT2D eigenvalue weighted by atomic mass is 31.2. The first-order valence-electron chi connectivity index (χ1n) is 12.5. The maximum absolute atomic E-state index is 16.9. The molecule has 0 aromatic rings. The quantitative estimate of drug-likeness (QED) is 0.211. The van der Waals surface area contributed by atoms with E-state index in [-0.39, 0.29) is 18.1 Å². The van der Waals surface area contributed by atoms with Gasteiger partial charge in [-0.25, -0.2) is 4.39 Å². The standard InChI is InChI=1S/C22H29FO5.C2H8O7P2/c1-12-8-16-15-5-4-13-9-14(25)6-7-19(13,2)21(15,23)17(26)10-20(16,3)22(12,28)18(27)11-24;1-2(3,10(4,5)6)11(7,8)9/h6-7,9,12,15-17,24,26,28H,4-5,8,10-11H2,1-3H3;3H,1H3,(H2,4,5,6)(H2,7,8,9)/t12-,15-,16-,17-,19-,20-,21-,22-;/m0./s1. The maximum Gasteiger partial charge on any atom is 0.369 e. The third-order valence-corrected chi connectivity index (χ3v) is 13.7. The lowest BCUT2D eigenvalue weighted by Crippen LogP contribution is -2.69. The molecule has 3 saturated carbocycles. The van der Waals surface area contributed by atoms with E-state index in [1.54, 1.807) is 26.8 Å². The van der Waals surface area contributed by atoms with Crippen molar-refractivity contribution in [1.82, 2.24) is 0 Å². The highest BCUT2D eigenvalue weighted by Gasteiger charge is 2.75. The van der Waals surface area contributed by atoms with Crippen LogP contribution in [0.1, 0.15) is 53.4 Å². The van der Waals surface area contributed by atoms with Crippen LogP contribution in [0.15, 0.2) is 23.8 Å². The van der Waals surface area contributed by atoms with Gasteiger partial charge in [-0.3, -0.25) is 18.7 Å². The Morgan fingerprint density at radius 3 is 2.15 bits per heavy atom. The Labute approximate surface area is 225 Å². The van der Waals surface area contributed by atoms with Gasteiger partial charge in [0.25, 0.3) is 5.08 Å². The van der Waals surface area contributed by atoms with E-state index in [1.807, 2.05) is 0 Å². The zero-order valence-corrected chi connectivity index (χ0v) is 23.8. The van der Waals surface area contributed by atoms with Crippen LogP contribution in [0.5, 0.6) is 0 Å². The van der Waals surface area contributed by atoms with Crippen molar-refractivity contribution in [2.24, 2.45) is 28.6 Å². The number of carbonyl (C=O) groups is 2. The first kappa shape index (κ1) is 32.4. The summed E-state index contributed by atoms with van der Waals surface area (Å²) in [5.41, 5.74) is -5.17. The van der Waals surface area contributed by atoms with Crippen molar-refractivity contribution in [3.63, 3.8) is 0 Å². The van der Waals surface area contributed by atoms with E-state index in [2.05, 4.69) is 0 Å². The molecule has 12 nitrogen and oxygen atoms in total. The molecule has 3 fully saturated rings. The summed E-state index contributed by atoms with van der Waals surface area (Å²) in [4.78, 5) is 57.4. The number of rotatable bonds is 4. The number of aliphatic hydroxyl groups excluding tert-OH is 2. The van der Waals surface area contributed by atoms with Crippen molar-refractivity contribution >= 4 is 26.8 Å². The van der Waals surface area contributed by atoms with Gasteiger partial charge in [0.1, 0.15) is 12.2 Å². The molecule has 15 heteroatoms. The molecule has 4 rings (SSSR count). The summed E-state index contributed by atoms with van der Waals surface area (Å²) in [6.45, 7) is 4.86. The number of hydrogen-bond donors (Lipinski definition) is 8. The Hall–Kier alpha value is -1.11. The fraction of sp³-hybridized carbons (Fsp3) is 0.750. The van der Waals surface area contributed by atoms with E-state index in [1.165, 1.54) is 12.2 Å². The Kier molecular flexibility index (Phi) is 8.08. The lowest BCUT2D eigenvalue weighted by atomic mass is 9.44. The maximum atomic E-state index is 16.9. The number of halogens is 1. The fourth-order valence-corrected chi connectivity index (χ4v) is 8.79. The second kappa shape index (κ2) is 9.73. The molecule has 0 aliphatic heterocycles. The number of fused-ring (bicyclic) bond motifs is 5. The Balaban J connectivity index is 0.000000325. The Bertz CT molecular complexity index is 1180. The molecule has 4 aliphatic carbocycles. The molecule has 222 valence electrons. The van der Waals surface area contributed by atoms with Crippen molar-refractivity contribution in [2.75, 3.05) is 6.61 Å². The predicted molar refractivity (Wildman–Crippen MR) is 135 cm³/mol. The number of allylic oxidation sites excluding steroid dienone is 4. The van der Waals surface area contributed by atoms with E-state index in [0.29, 0.717) is 31.8 Å². The van der Waals surface area contributed by atoms with Crippen LogP contribution >= 0.6 is 15.2 Å². The van der Waals surface area contributed by atoms with Crippen molar-refractivity contribution < 1.29 is 63.1 Å². The van der Waals surface area contributed by atoms with E-state index in [9.17, 15) is 34.0 Å². The van der Waals surface area contributed by atoms with Crippen molar-refractivity contribution in [2.45, 2.75) is 75.8 Å². The molecule has 0 radical (unpaired) electrons. The molecule has 39 heavy (non-hydrogen) atoms. The summed E-state index contributed by atoms with van der Waals surface area (Å²) in [7, 11) is -10.4. The number of aliphatic hydroxyl groups is 4. The van der Waals surface area contributed by atoms with E-state index in [0.717, 1.165) is 0 Å². The SMILES string of the molecule is CC(O)(P(=O)(O)O)P(=O)(O)O.C[C@H]1C[C@H]2[C@@H]3CCC4=CC(=O)C=C[C@]4(C)[C@@]3(F)[C@@H](O)C[C@]2(C)[C@@]1(O)C(=O)CO. The van der Waals surface area contributed by atoms with Gasteiger partial charge in [0.2, 0.25) is 0 Å². The summed E-state index contributed by atoms with van der Waals surface area (Å²) in [6.07, 6.45) is 4.44. The first-order valence-corrected chi connectivity index (χ1v) is 15.7. The lowest BCUT2D eigenvalue weighted by molar-refractivity contribution is -0.219. The van der Waals surface area contributed by atoms with Crippen molar-refractivity contribution in [1.29, 1.82) is 0 Å². The zero-order valence-electron chi connectivity index (χ0n) is 22.1. The van der Waals surface area contributed by atoms with Crippen molar-refractivity contribution in [3.8, 4) is 0 Å². The van der Waals surface area contributed by atoms with E-state index >= 15 is 4.39 Å². The largest absolute Gasteiger partial charge is 0.390 e. The van der Waals surface area contributed by atoms with Gasteiger partial charge in [0, 0.05) is 16.7 Å². The monoisotopic (exact) mass is 598 g/mol. The number of hydrogen-bond acceptors (Lipinski definition) is 8. The van der Waals surface area contributed by atoms with Gasteiger partial charge in [0.05, 0.1) is 6.10 Å². The van der Waals surface area contributed by atoms with Gasteiger partial charge in [-0.05, 0) is 63.5 Å². The van der Waals surface area contributed by atoms with Gasteiger partial charge in [-0.1, -0.05) is 25.5 Å². The molecule has 0 heterocycles. The molecule has 0 spiro atoms. The van der Waals surface area contributed by atoms with E-state index < -0.39 is 72.7 Å². The lowest BCUT2D eigenvalue weighted by Gasteiger charge is -2.62. The Morgan fingerprint density at radius 2 is 1.69 bits per heavy atom. The molecule has 8 atom stereocenters. The number of alkyl halides is 1. The highest BCUT2D eigenvalue weighted by Crippen LogP contribution is 2.71. The fourth-order valence-electron chi connectivity index (χ4n) is 7.43. The van der Waals surface area contributed by atoms with Crippen LogP contribution in [-0.2, 0) is 18.7 Å². The highest BCUT2D eigenvalue weighted by molar-refractivity contribution is 7.71. The third kappa shape index (κ3) is 4.41. The van der Waals surface area contributed by atoms with Crippen LogP contribution in [0, 0.1) is 28.6 Å². The minimum absolute atomic E-state index is 0.0676. The second-order valence-electron chi connectivity index (χ2n) is 11.8. The molecule has 0 amide bonds. The minimum atomic E-state index is -5.20. The average Bonchev–Trinajstić information content (AvgIpc) is 3.00. The minimum Gasteiger partial charge on any atom is -0.390 e. The molecule has 0 bridgehead atoms. The van der Waals surface area contributed by atoms with Gasteiger partial charge in [0.15, 0.2) is 17.2 Å². The summed E-state index contributed by atoms with van der Waals surface area (Å²) in [5.74, 6) is -2.12.